The minimum Gasteiger partial charge on any atom is -0.491 e. The predicted octanol–water partition coefficient (Wildman–Crippen LogP) is 4.12. The number of allylic oxidation sites excluding steroid dienone is 2. The second-order valence-corrected chi connectivity index (χ2v) is 7.74. The number of hydrogen-bond acceptors (Lipinski definition) is 4. The number of ether oxygens (including phenoxy) is 2. The Morgan fingerprint density at radius 2 is 2.00 bits per heavy atom. The van der Waals surface area contributed by atoms with Crippen molar-refractivity contribution < 1.29 is 28.9 Å². The summed E-state index contributed by atoms with van der Waals surface area (Å²) in [6.07, 6.45) is 12.3. The lowest BCUT2D eigenvalue weighted by Gasteiger charge is -2.25. The van der Waals surface area contributed by atoms with Gasteiger partial charge in [-0.25, -0.2) is 4.39 Å². The molecule has 3 rings (SSSR count). The molecule has 1 aromatic carbocycles. The van der Waals surface area contributed by atoms with E-state index in [1.807, 2.05) is 6.08 Å². The molecule has 6 heteroatoms. The molecule has 0 unspecified atom stereocenters. The first-order valence-electron chi connectivity index (χ1n) is 10.3. The molecule has 2 fully saturated rings. The molecule has 0 saturated carbocycles. The van der Waals surface area contributed by atoms with Gasteiger partial charge in [0.25, 0.3) is 0 Å². The van der Waals surface area contributed by atoms with Crippen molar-refractivity contribution in [3.8, 4) is 5.75 Å². The highest BCUT2D eigenvalue weighted by Gasteiger charge is 2.46. The Morgan fingerprint density at radius 1 is 1.24 bits per heavy atom. The molecular formula is C23H29FO5. The molecule has 1 aromatic rings. The summed E-state index contributed by atoms with van der Waals surface area (Å²) in [5.74, 6) is 0.0833. The van der Waals surface area contributed by atoms with E-state index in [2.05, 4.69) is 12.2 Å². The molecule has 29 heavy (non-hydrogen) atoms. The monoisotopic (exact) mass is 404 g/mol. The zero-order valence-electron chi connectivity index (χ0n) is 16.5. The van der Waals surface area contributed by atoms with Crippen LogP contribution in [0.2, 0.25) is 0 Å². The van der Waals surface area contributed by atoms with Gasteiger partial charge in [0.2, 0.25) is 0 Å². The van der Waals surface area contributed by atoms with Gasteiger partial charge in [-0.05, 0) is 62.3 Å². The lowest BCUT2D eigenvalue weighted by molar-refractivity contribution is -0.137. The molecule has 2 aliphatic heterocycles. The maximum absolute atomic E-state index is 12.9. The third kappa shape index (κ3) is 6.41. The Hall–Kier alpha value is -2.18. The van der Waals surface area contributed by atoms with E-state index in [1.165, 1.54) is 24.3 Å². The van der Waals surface area contributed by atoms with Crippen molar-refractivity contribution in [1.82, 2.24) is 0 Å². The Kier molecular flexibility index (Phi) is 7.83. The highest BCUT2D eigenvalue weighted by molar-refractivity contribution is 5.66. The van der Waals surface area contributed by atoms with E-state index in [4.69, 9.17) is 14.6 Å². The van der Waals surface area contributed by atoms with Crippen LogP contribution in [0.25, 0.3) is 0 Å². The lowest BCUT2D eigenvalue weighted by Crippen LogP contribution is -2.26. The van der Waals surface area contributed by atoms with Gasteiger partial charge >= 0.3 is 5.97 Å². The number of fused-ring (bicyclic) bond motifs is 2. The Balaban J connectivity index is 1.46. The molecule has 2 heterocycles. The fourth-order valence-electron chi connectivity index (χ4n) is 4.15. The summed E-state index contributed by atoms with van der Waals surface area (Å²) in [6, 6.07) is 5.72. The molecule has 158 valence electrons. The first-order valence-corrected chi connectivity index (χ1v) is 10.3. The predicted molar refractivity (Wildman–Crippen MR) is 107 cm³/mol. The molecular weight excluding hydrogens is 375 g/mol. The molecule has 5 nitrogen and oxygen atoms in total. The maximum Gasteiger partial charge on any atom is 0.303 e. The average Bonchev–Trinajstić information content (AvgIpc) is 3.30. The van der Waals surface area contributed by atoms with Gasteiger partial charge in [-0.15, -0.1) is 0 Å². The molecule has 0 aromatic heterocycles. The number of benzene rings is 1. The standard InChI is InChI=1S/C23H29FO5/c24-16-7-10-18(11-8-16)28-15-17(25)9-12-20-19(21-13-14-22(20)29-21)5-3-1-2-4-6-23(26)27/h1,3,7-12,17,19-22,25H,2,4-6,13-15H2,(H,26,27)/b3-1-,12-9+/t17-,19-,20-,21-,22+/m1/s1. The fourth-order valence-corrected chi connectivity index (χ4v) is 4.15. The number of carbonyl (C=O) groups is 1. The summed E-state index contributed by atoms with van der Waals surface area (Å²) in [7, 11) is 0. The molecule has 2 saturated heterocycles. The van der Waals surface area contributed by atoms with Gasteiger partial charge in [-0.3, -0.25) is 4.79 Å². The summed E-state index contributed by atoms with van der Waals surface area (Å²) in [5.41, 5.74) is 0. The third-order valence-corrected chi connectivity index (χ3v) is 5.61. The first-order chi connectivity index (χ1) is 14.0. The van der Waals surface area contributed by atoms with Crippen LogP contribution in [-0.4, -0.2) is 41.1 Å². The molecule has 2 N–H and O–H groups in total. The van der Waals surface area contributed by atoms with Crippen LogP contribution in [0.1, 0.15) is 38.5 Å². The SMILES string of the molecule is O=C(O)CCC/C=C\C[C@@H]1[C@@H](/C=C/[C@@H](O)COc2ccc(F)cc2)[C@@H]2CC[C@H]1O2. The van der Waals surface area contributed by atoms with Crippen LogP contribution in [0.5, 0.6) is 5.75 Å². The van der Waals surface area contributed by atoms with Crippen molar-refractivity contribution in [3.05, 3.63) is 54.4 Å². The van der Waals surface area contributed by atoms with Crippen LogP contribution >= 0.6 is 0 Å². The van der Waals surface area contributed by atoms with E-state index in [1.54, 1.807) is 6.08 Å². The van der Waals surface area contributed by atoms with Crippen molar-refractivity contribution >= 4 is 5.97 Å². The highest BCUT2D eigenvalue weighted by atomic mass is 19.1. The summed E-state index contributed by atoms with van der Waals surface area (Å²) in [5, 5.41) is 18.9. The minimum absolute atomic E-state index is 0.109. The normalized spacial score (nSPS) is 27.1. The third-order valence-electron chi connectivity index (χ3n) is 5.61. The zero-order chi connectivity index (χ0) is 20.6. The molecule has 0 aliphatic carbocycles. The molecule has 2 aliphatic rings. The van der Waals surface area contributed by atoms with E-state index in [0.717, 1.165) is 25.7 Å². The zero-order valence-corrected chi connectivity index (χ0v) is 16.5. The number of aliphatic hydroxyl groups is 1. The number of rotatable bonds is 11. The van der Waals surface area contributed by atoms with Gasteiger partial charge in [-0.2, -0.15) is 0 Å². The topological polar surface area (TPSA) is 76.0 Å². The van der Waals surface area contributed by atoms with Gasteiger partial charge in [0.1, 0.15) is 24.3 Å². The second kappa shape index (κ2) is 10.6. The Morgan fingerprint density at radius 3 is 2.76 bits per heavy atom. The van der Waals surface area contributed by atoms with Crippen LogP contribution in [0, 0.1) is 17.7 Å². The number of halogens is 1. The number of carboxylic acids is 1. The van der Waals surface area contributed by atoms with Gasteiger partial charge in [-0.1, -0.05) is 24.3 Å². The molecule has 0 amide bonds. The van der Waals surface area contributed by atoms with Crippen LogP contribution < -0.4 is 4.74 Å². The number of unbranched alkanes of at least 4 members (excludes halogenated alkanes) is 1. The van der Waals surface area contributed by atoms with Crippen molar-refractivity contribution in [2.24, 2.45) is 11.8 Å². The Bertz CT molecular complexity index is 714. The average molecular weight is 404 g/mol. The fraction of sp³-hybridized carbons (Fsp3) is 0.522. The number of aliphatic hydroxyl groups excluding tert-OH is 1. The van der Waals surface area contributed by atoms with Crippen molar-refractivity contribution in [3.63, 3.8) is 0 Å². The van der Waals surface area contributed by atoms with Crippen molar-refractivity contribution in [2.75, 3.05) is 6.61 Å². The summed E-state index contributed by atoms with van der Waals surface area (Å²) in [6.45, 7) is 0.109. The number of aliphatic carboxylic acids is 1. The van der Waals surface area contributed by atoms with E-state index in [-0.39, 0.29) is 37.0 Å². The highest BCUT2D eigenvalue weighted by Crippen LogP contribution is 2.45. The number of carboxylic acid groups (broad SMARTS) is 1. The van der Waals surface area contributed by atoms with Gasteiger partial charge in [0.05, 0.1) is 12.2 Å². The van der Waals surface area contributed by atoms with E-state index in [9.17, 15) is 14.3 Å². The van der Waals surface area contributed by atoms with E-state index >= 15 is 0 Å². The van der Waals surface area contributed by atoms with E-state index in [0.29, 0.717) is 18.1 Å². The number of hydrogen-bond donors (Lipinski definition) is 2. The van der Waals surface area contributed by atoms with Gasteiger partial charge in [0.15, 0.2) is 0 Å². The maximum atomic E-state index is 12.9. The van der Waals surface area contributed by atoms with E-state index < -0.39 is 12.1 Å². The Labute approximate surface area is 170 Å². The summed E-state index contributed by atoms with van der Waals surface area (Å²) < 4.78 is 24.5. The molecule has 5 atom stereocenters. The molecule has 2 bridgehead atoms. The van der Waals surface area contributed by atoms with Crippen molar-refractivity contribution in [2.45, 2.75) is 56.8 Å². The van der Waals surface area contributed by atoms with Crippen LogP contribution in [-0.2, 0) is 9.53 Å². The molecule has 0 radical (unpaired) electrons. The largest absolute Gasteiger partial charge is 0.491 e. The molecule has 0 spiro atoms. The summed E-state index contributed by atoms with van der Waals surface area (Å²) >= 11 is 0. The first kappa shape index (κ1) is 21.5. The smallest absolute Gasteiger partial charge is 0.303 e. The second-order valence-electron chi connectivity index (χ2n) is 7.74. The quantitative estimate of drug-likeness (QED) is 0.429. The van der Waals surface area contributed by atoms with Crippen molar-refractivity contribution in [1.29, 1.82) is 0 Å². The summed E-state index contributed by atoms with van der Waals surface area (Å²) in [4.78, 5) is 10.5. The van der Waals surface area contributed by atoms with Crippen LogP contribution in [0.3, 0.4) is 0 Å². The van der Waals surface area contributed by atoms with Gasteiger partial charge < -0.3 is 19.7 Å². The van der Waals surface area contributed by atoms with Gasteiger partial charge in [0, 0.05) is 12.3 Å². The van der Waals surface area contributed by atoms with Crippen LogP contribution in [0.4, 0.5) is 4.39 Å². The minimum atomic E-state index is -0.757. The van der Waals surface area contributed by atoms with Crippen LogP contribution in [0.15, 0.2) is 48.6 Å². The lowest BCUT2D eigenvalue weighted by atomic mass is 9.77.